The first-order valence-electron chi connectivity index (χ1n) is 10.0. The molecule has 0 radical (unpaired) electrons. The van der Waals surface area contributed by atoms with E-state index in [1.165, 1.54) is 11.1 Å². The van der Waals surface area contributed by atoms with E-state index in [1.54, 1.807) is 6.20 Å². The Hall–Kier alpha value is -2.80. The van der Waals surface area contributed by atoms with Crippen molar-refractivity contribution in [3.05, 3.63) is 47.4 Å². The molecule has 0 aromatic carbocycles. The SMILES string of the molecule is C/C(=N/N)C(COc1cc2c(cn1)CN(CC(C)C)CC2)=Nc1ccc(C)nc1. The molecule has 1 aliphatic rings. The van der Waals surface area contributed by atoms with E-state index >= 15 is 0 Å². The van der Waals surface area contributed by atoms with Crippen LogP contribution < -0.4 is 10.6 Å². The predicted molar refractivity (Wildman–Crippen MR) is 117 cm³/mol. The Morgan fingerprint density at radius 3 is 2.76 bits per heavy atom. The number of pyridine rings is 2. The van der Waals surface area contributed by atoms with Crippen LogP contribution >= 0.6 is 0 Å². The van der Waals surface area contributed by atoms with E-state index in [0.717, 1.165) is 37.4 Å². The Morgan fingerprint density at radius 2 is 2.07 bits per heavy atom. The minimum absolute atomic E-state index is 0.242. The first-order valence-corrected chi connectivity index (χ1v) is 10.0. The number of ether oxygens (including phenoxy) is 1. The third-order valence-electron chi connectivity index (χ3n) is 4.90. The third kappa shape index (κ3) is 5.84. The van der Waals surface area contributed by atoms with Gasteiger partial charge in [-0.3, -0.25) is 9.88 Å². The fourth-order valence-electron chi connectivity index (χ4n) is 3.34. The largest absolute Gasteiger partial charge is 0.471 e. The van der Waals surface area contributed by atoms with Crippen molar-refractivity contribution in [1.29, 1.82) is 0 Å². The minimum atomic E-state index is 0.242. The summed E-state index contributed by atoms with van der Waals surface area (Å²) in [5.74, 6) is 6.74. The molecule has 0 unspecified atom stereocenters. The fraction of sp³-hybridized carbons (Fsp3) is 0.455. The first kappa shape index (κ1) is 20.9. The summed E-state index contributed by atoms with van der Waals surface area (Å²) in [5.41, 5.74) is 5.54. The predicted octanol–water partition coefficient (Wildman–Crippen LogP) is 3.29. The van der Waals surface area contributed by atoms with Gasteiger partial charge in [-0.25, -0.2) is 9.98 Å². The maximum atomic E-state index is 5.93. The molecule has 0 saturated carbocycles. The quantitative estimate of drug-likeness (QED) is 0.442. The molecule has 1 aliphatic heterocycles. The monoisotopic (exact) mass is 394 g/mol. The lowest BCUT2D eigenvalue weighted by molar-refractivity contribution is 0.225. The van der Waals surface area contributed by atoms with Crippen LogP contribution in [0.3, 0.4) is 0 Å². The molecule has 7 nitrogen and oxygen atoms in total. The number of rotatable bonds is 7. The van der Waals surface area contributed by atoms with Gasteiger partial charge in [0.2, 0.25) is 5.88 Å². The molecular formula is C22H30N6O. The van der Waals surface area contributed by atoms with Crippen molar-refractivity contribution in [2.24, 2.45) is 21.9 Å². The molecule has 7 heteroatoms. The molecule has 2 aromatic rings. The highest BCUT2D eigenvalue weighted by molar-refractivity contribution is 6.42. The molecular weight excluding hydrogens is 364 g/mol. The molecule has 2 aromatic heterocycles. The van der Waals surface area contributed by atoms with Crippen LogP contribution in [-0.4, -0.2) is 46.0 Å². The van der Waals surface area contributed by atoms with Crippen LogP contribution in [0.1, 0.15) is 37.6 Å². The van der Waals surface area contributed by atoms with Crippen LogP contribution in [-0.2, 0) is 13.0 Å². The van der Waals surface area contributed by atoms with Crippen molar-refractivity contribution in [3.63, 3.8) is 0 Å². The minimum Gasteiger partial charge on any atom is -0.471 e. The number of nitrogens with zero attached hydrogens (tertiary/aromatic N) is 5. The van der Waals surface area contributed by atoms with Gasteiger partial charge in [0.15, 0.2) is 0 Å². The number of fused-ring (bicyclic) bond motifs is 1. The van der Waals surface area contributed by atoms with E-state index in [4.69, 9.17) is 10.6 Å². The van der Waals surface area contributed by atoms with E-state index in [0.29, 0.717) is 23.2 Å². The number of aromatic nitrogens is 2. The van der Waals surface area contributed by atoms with E-state index in [9.17, 15) is 0 Å². The molecule has 0 atom stereocenters. The van der Waals surface area contributed by atoms with Gasteiger partial charge < -0.3 is 10.6 Å². The number of hydrogen-bond acceptors (Lipinski definition) is 7. The summed E-state index contributed by atoms with van der Waals surface area (Å²) in [6.45, 7) is 11.6. The number of aryl methyl sites for hydroxylation is 1. The van der Waals surface area contributed by atoms with Crippen LogP contribution in [0.25, 0.3) is 0 Å². The molecule has 2 N–H and O–H groups in total. The summed E-state index contributed by atoms with van der Waals surface area (Å²) >= 11 is 0. The Morgan fingerprint density at radius 1 is 1.24 bits per heavy atom. The number of nitrogens with two attached hydrogens (primary N) is 1. The van der Waals surface area contributed by atoms with Gasteiger partial charge >= 0.3 is 0 Å². The van der Waals surface area contributed by atoms with Gasteiger partial charge in [0, 0.05) is 37.6 Å². The molecule has 154 valence electrons. The lowest BCUT2D eigenvalue weighted by Crippen LogP contribution is -2.33. The Bertz CT molecular complexity index is 889. The van der Waals surface area contributed by atoms with Gasteiger partial charge in [-0.1, -0.05) is 13.8 Å². The average molecular weight is 395 g/mol. The normalized spacial score (nSPS) is 15.5. The third-order valence-corrected chi connectivity index (χ3v) is 4.90. The zero-order chi connectivity index (χ0) is 20.8. The highest BCUT2D eigenvalue weighted by atomic mass is 16.5. The summed E-state index contributed by atoms with van der Waals surface area (Å²) in [7, 11) is 0. The maximum Gasteiger partial charge on any atom is 0.213 e. The maximum absolute atomic E-state index is 5.93. The topological polar surface area (TPSA) is 89.0 Å². The van der Waals surface area contributed by atoms with Crippen LogP contribution in [0, 0.1) is 12.8 Å². The van der Waals surface area contributed by atoms with E-state index in [-0.39, 0.29) is 6.61 Å². The van der Waals surface area contributed by atoms with Crippen LogP contribution in [0.2, 0.25) is 0 Å². The number of aliphatic imine (C=N–C) groups is 1. The molecule has 3 rings (SSSR count). The fourth-order valence-corrected chi connectivity index (χ4v) is 3.34. The second kappa shape index (κ2) is 9.60. The molecule has 0 bridgehead atoms. The standard InChI is InChI=1S/C22H30N6O/c1-15(2)12-28-8-7-18-9-22(25-10-19(18)13-28)29-14-21(17(4)27-23)26-20-6-5-16(3)24-11-20/h5-6,9-11,15H,7-8,12-14,23H2,1-4H3/b26-21?,27-17-. The van der Waals surface area contributed by atoms with E-state index in [2.05, 4.69) is 38.8 Å². The van der Waals surface area contributed by atoms with Gasteiger partial charge in [0.1, 0.15) is 12.3 Å². The highest BCUT2D eigenvalue weighted by Gasteiger charge is 2.18. The Labute approximate surface area is 172 Å². The first-order chi connectivity index (χ1) is 13.9. The average Bonchev–Trinajstić information content (AvgIpc) is 2.71. The molecule has 0 amide bonds. The summed E-state index contributed by atoms with van der Waals surface area (Å²) in [4.78, 5) is 15.8. The van der Waals surface area contributed by atoms with Gasteiger partial charge in [0.05, 0.1) is 17.6 Å². The molecule has 0 aliphatic carbocycles. The number of hydrazone groups is 1. The van der Waals surface area contributed by atoms with Gasteiger partial charge in [-0.15, -0.1) is 0 Å². The summed E-state index contributed by atoms with van der Waals surface area (Å²) in [6.07, 6.45) is 4.67. The summed E-state index contributed by atoms with van der Waals surface area (Å²) < 4.78 is 5.93. The van der Waals surface area contributed by atoms with Crippen LogP contribution in [0.5, 0.6) is 5.88 Å². The highest BCUT2D eigenvalue weighted by Crippen LogP contribution is 2.22. The second-order valence-electron chi connectivity index (χ2n) is 7.89. The van der Waals surface area contributed by atoms with Crippen molar-refractivity contribution in [2.45, 2.75) is 40.7 Å². The lowest BCUT2D eigenvalue weighted by Gasteiger charge is -2.29. The summed E-state index contributed by atoms with van der Waals surface area (Å²) in [5, 5.41) is 3.78. The van der Waals surface area contributed by atoms with E-state index < -0.39 is 0 Å². The molecule has 0 saturated heterocycles. The van der Waals surface area contributed by atoms with E-state index in [1.807, 2.05) is 38.2 Å². The second-order valence-corrected chi connectivity index (χ2v) is 7.89. The zero-order valence-corrected chi connectivity index (χ0v) is 17.7. The molecule has 0 spiro atoms. The molecule has 29 heavy (non-hydrogen) atoms. The van der Waals surface area contributed by atoms with Gasteiger partial charge in [-0.2, -0.15) is 5.10 Å². The Balaban J connectivity index is 1.69. The van der Waals surface area contributed by atoms with Crippen molar-refractivity contribution < 1.29 is 4.74 Å². The molecule has 0 fully saturated rings. The molecule has 3 heterocycles. The van der Waals surface area contributed by atoms with Crippen LogP contribution in [0.15, 0.2) is 40.7 Å². The number of hydrogen-bond donors (Lipinski definition) is 1. The van der Waals surface area contributed by atoms with Crippen molar-refractivity contribution in [2.75, 3.05) is 19.7 Å². The summed E-state index contributed by atoms with van der Waals surface area (Å²) in [6, 6.07) is 5.87. The van der Waals surface area contributed by atoms with Gasteiger partial charge in [-0.05, 0) is 49.4 Å². The zero-order valence-electron chi connectivity index (χ0n) is 17.7. The smallest absolute Gasteiger partial charge is 0.213 e. The van der Waals surface area contributed by atoms with Crippen LogP contribution in [0.4, 0.5) is 5.69 Å². The van der Waals surface area contributed by atoms with Crippen molar-refractivity contribution >= 4 is 17.1 Å². The Kier molecular flexibility index (Phi) is 6.93. The van der Waals surface area contributed by atoms with Crippen molar-refractivity contribution in [1.82, 2.24) is 14.9 Å². The van der Waals surface area contributed by atoms with Gasteiger partial charge in [0.25, 0.3) is 0 Å². The lowest BCUT2D eigenvalue weighted by atomic mass is 10.0. The van der Waals surface area contributed by atoms with Crippen molar-refractivity contribution in [3.8, 4) is 5.88 Å².